The van der Waals surface area contributed by atoms with Crippen molar-refractivity contribution in [3.8, 4) is 0 Å². The molecule has 2 aromatic carbocycles. The van der Waals surface area contributed by atoms with Crippen molar-refractivity contribution in [3.05, 3.63) is 60.3 Å². The molecule has 13 heteroatoms. The van der Waals surface area contributed by atoms with E-state index in [-0.39, 0.29) is 28.8 Å². The minimum atomic E-state index is -4.59. The van der Waals surface area contributed by atoms with E-state index in [0.717, 1.165) is 6.07 Å². The van der Waals surface area contributed by atoms with E-state index in [9.17, 15) is 31.2 Å². The number of aromatic nitrogens is 1. The monoisotopic (exact) mass is 589 g/mol. The van der Waals surface area contributed by atoms with Crippen LogP contribution in [-0.2, 0) is 25.8 Å². The number of amides is 2. The Balaban J connectivity index is 1.26. The number of anilines is 2. The van der Waals surface area contributed by atoms with Crippen molar-refractivity contribution in [1.82, 2.24) is 14.2 Å². The number of nitrogens with zero attached hydrogens (tertiary/aromatic N) is 4. The molecule has 3 aromatic rings. The fourth-order valence-electron chi connectivity index (χ4n) is 5.41. The smallest absolute Gasteiger partial charge is 0.367 e. The first-order valence-corrected chi connectivity index (χ1v) is 14.8. The summed E-state index contributed by atoms with van der Waals surface area (Å²) in [7, 11) is -3.84. The number of rotatable bonds is 5. The van der Waals surface area contributed by atoms with Crippen molar-refractivity contribution >= 4 is 44.1 Å². The average molecular weight is 590 g/mol. The largest absolute Gasteiger partial charge is 0.433 e. The van der Waals surface area contributed by atoms with Gasteiger partial charge < -0.3 is 15.1 Å². The van der Waals surface area contributed by atoms with Crippen LogP contribution >= 0.6 is 0 Å². The molecule has 1 N–H and O–H groups in total. The Bertz CT molecular complexity index is 1560. The number of carbonyl (C=O) groups excluding carboxylic acids is 2. The zero-order valence-electron chi connectivity index (χ0n) is 22.4. The van der Waals surface area contributed by atoms with Crippen LogP contribution in [0, 0.1) is 5.92 Å². The van der Waals surface area contributed by atoms with Crippen LogP contribution in [0.1, 0.15) is 25.5 Å². The first-order chi connectivity index (χ1) is 19.4. The van der Waals surface area contributed by atoms with Crippen LogP contribution in [0.3, 0.4) is 0 Å². The van der Waals surface area contributed by atoms with E-state index in [1.54, 1.807) is 29.2 Å². The molecule has 41 heavy (non-hydrogen) atoms. The van der Waals surface area contributed by atoms with Crippen molar-refractivity contribution in [2.45, 2.75) is 30.8 Å². The van der Waals surface area contributed by atoms with Gasteiger partial charge in [-0.15, -0.1) is 0 Å². The Kier molecular flexibility index (Phi) is 7.93. The number of piperidine rings is 1. The van der Waals surface area contributed by atoms with Gasteiger partial charge in [0, 0.05) is 63.0 Å². The summed E-state index contributed by atoms with van der Waals surface area (Å²) in [4.78, 5) is 32.1. The van der Waals surface area contributed by atoms with Crippen molar-refractivity contribution < 1.29 is 31.2 Å². The maximum atomic E-state index is 13.5. The molecule has 2 aliphatic heterocycles. The summed E-state index contributed by atoms with van der Waals surface area (Å²) < 4.78 is 68.5. The maximum absolute atomic E-state index is 13.5. The molecule has 0 radical (unpaired) electrons. The molecule has 218 valence electrons. The number of para-hydroxylation sites is 1. The molecular formula is C28H30F3N5O4S. The highest BCUT2D eigenvalue weighted by Crippen LogP contribution is 2.35. The SMILES string of the molecule is CC(=O)Nc1ccc(S(=O)(=O)N2CCCC(C(=O)N3CCN(c4cc(C(F)(F)F)nc5ccccc45)CC3)C2)cc1. The molecule has 2 saturated heterocycles. The normalized spacial score (nSPS) is 18.9. The standard InChI is InChI=1S/C28H30F3N5O4S/c1-19(37)32-21-8-10-22(11-9-21)41(39,40)36-12-4-5-20(18-36)27(38)35-15-13-34(14-16-35)25-17-26(28(29,30)31)33-24-7-3-2-6-23(24)25/h2-3,6-11,17,20H,4-5,12-16,18H2,1H3,(H,32,37). The third-order valence-electron chi connectivity index (χ3n) is 7.46. The van der Waals surface area contributed by atoms with Gasteiger partial charge in [0.2, 0.25) is 21.8 Å². The van der Waals surface area contributed by atoms with Gasteiger partial charge in [0.25, 0.3) is 0 Å². The van der Waals surface area contributed by atoms with Crippen LogP contribution in [0.25, 0.3) is 10.9 Å². The quantitative estimate of drug-likeness (QED) is 0.484. The topological polar surface area (TPSA) is 103 Å². The summed E-state index contributed by atoms with van der Waals surface area (Å²) in [6, 6.07) is 13.6. The molecule has 5 rings (SSSR count). The van der Waals surface area contributed by atoms with Gasteiger partial charge in [-0.05, 0) is 49.2 Å². The molecule has 2 aliphatic rings. The minimum absolute atomic E-state index is 0.0543. The van der Waals surface area contributed by atoms with Gasteiger partial charge in [0.05, 0.1) is 16.3 Å². The van der Waals surface area contributed by atoms with Crippen molar-refractivity contribution in [3.63, 3.8) is 0 Å². The van der Waals surface area contributed by atoms with Gasteiger partial charge in [-0.25, -0.2) is 13.4 Å². The third kappa shape index (κ3) is 6.15. The summed E-state index contributed by atoms with van der Waals surface area (Å²) >= 11 is 0. The number of benzene rings is 2. The molecule has 3 heterocycles. The molecule has 0 saturated carbocycles. The number of nitrogens with one attached hydrogen (secondary N) is 1. The predicted octanol–water partition coefficient (Wildman–Crippen LogP) is 3.96. The van der Waals surface area contributed by atoms with E-state index in [1.807, 2.05) is 4.90 Å². The fraction of sp³-hybridized carbons (Fsp3) is 0.393. The summed E-state index contributed by atoms with van der Waals surface area (Å²) in [5.74, 6) is -0.928. The zero-order valence-corrected chi connectivity index (χ0v) is 23.2. The van der Waals surface area contributed by atoms with Gasteiger partial charge in [-0.2, -0.15) is 17.5 Å². The van der Waals surface area contributed by atoms with E-state index in [4.69, 9.17) is 0 Å². The number of pyridine rings is 1. The van der Waals surface area contributed by atoms with Crippen LogP contribution in [-0.4, -0.2) is 73.7 Å². The molecule has 0 spiro atoms. The van der Waals surface area contributed by atoms with E-state index in [0.29, 0.717) is 62.3 Å². The second kappa shape index (κ2) is 11.3. The van der Waals surface area contributed by atoms with Crippen molar-refractivity contribution in [1.29, 1.82) is 0 Å². The number of piperazine rings is 1. The Labute approximate surface area is 236 Å². The highest BCUT2D eigenvalue weighted by molar-refractivity contribution is 7.89. The molecule has 1 aromatic heterocycles. The van der Waals surface area contributed by atoms with Crippen molar-refractivity contribution in [2.75, 3.05) is 49.5 Å². The molecule has 1 unspecified atom stereocenters. The Morgan fingerprint density at radius 2 is 1.66 bits per heavy atom. The van der Waals surface area contributed by atoms with Crippen LogP contribution in [0.4, 0.5) is 24.5 Å². The Hall–Kier alpha value is -3.71. The highest BCUT2D eigenvalue weighted by Gasteiger charge is 2.37. The van der Waals surface area contributed by atoms with Gasteiger partial charge in [-0.3, -0.25) is 9.59 Å². The molecule has 9 nitrogen and oxygen atoms in total. The lowest BCUT2D eigenvalue weighted by Gasteiger charge is -2.39. The van der Waals surface area contributed by atoms with E-state index in [1.165, 1.54) is 35.5 Å². The summed E-state index contributed by atoms with van der Waals surface area (Å²) in [6.45, 7) is 3.01. The number of fused-ring (bicyclic) bond motifs is 1. The van der Waals surface area contributed by atoms with Crippen LogP contribution in [0.5, 0.6) is 0 Å². The van der Waals surface area contributed by atoms with Crippen LogP contribution < -0.4 is 10.2 Å². The lowest BCUT2D eigenvalue weighted by Crippen LogP contribution is -2.53. The number of carbonyl (C=O) groups is 2. The average Bonchev–Trinajstić information content (AvgIpc) is 2.96. The second-order valence-corrected chi connectivity index (χ2v) is 12.2. The van der Waals surface area contributed by atoms with E-state index >= 15 is 0 Å². The van der Waals surface area contributed by atoms with Crippen molar-refractivity contribution in [2.24, 2.45) is 5.92 Å². The van der Waals surface area contributed by atoms with E-state index in [2.05, 4.69) is 10.3 Å². The Morgan fingerprint density at radius 3 is 2.32 bits per heavy atom. The fourth-order valence-corrected chi connectivity index (χ4v) is 6.94. The second-order valence-electron chi connectivity index (χ2n) is 10.3. The number of halogens is 3. The summed E-state index contributed by atoms with van der Waals surface area (Å²) in [5, 5.41) is 3.21. The summed E-state index contributed by atoms with van der Waals surface area (Å²) in [6.07, 6.45) is -3.50. The molecule has 0 bridgehead atoms. The lowest BCUT2D eigenvalue weighted by atomic mass is 9.97. The molecule has 2 amide bonds. The van der Waals surface area contributed by atoms with Gasteiger partial charge >= 0.3 is 6.18 Å². The highest BCUT2D eigenvalue weighted by atomic mass is 32.2. The predicted molar refractivity (Wildman–Crippen MR) is 148 cm³/mol. The molecule has 2 fully saturated rings. The summed E-state index contributed by atoms with van der Waals surface area (Å²) in [5.41, 5.74) is 0.202. The van der Waals surface area contributed by atoms with E-state index < -0.39 is 27.8 Å². The van der Waals surface area contributed by atoms with Gasteiger partial charge in [0.15, 0.2) is 0 Å². The number of hydrogen-bond donors (Lipinski definition) is 1. The number of alkyl halides is 3. The first kappa shape index (κ1) is 28.8. The van der Waals surface area contributed by atoms with Gasteiger partial charge in [-0.1, -0.05) is 18.2 Å². The third-order valence-corrected chi connectivity index (χ3v) is 9.34. The lowest BCUT2D eigenvalue weighted by molar-refractivity contribution is -0.141. The van der Waals surface area contributed by atoms with Gasteiger partial charge in [0.1, 0.15) is 5.69 Å². The molecular weight excluding hydrogens is 559 g/mol. The van der Waals surface area contributed by atoms with Crippen LogP contribution in [0.15, 0.2) is 59.5 Å². The Morgan fingerprint density at radius 1 is 0.976 bits per heavy atom. The van der Waals surface area contributed by atoms with Crippen LogP contribution in [0.2, 0.25) is 0 Å². The first-order valence-electron chi connectivity index (χ1n) is 13.3. The molecule has 0 aliphatic carbocycles. The zero-order chi connectivity index (χ0) is 29.4. The molecule has 1 atom stereocenters. The maximum Gasteiger partial charge on any atom is 0.433 e. The number of sulfonamides is 1. The number of hydrogen-bond acceptors (Lipinski definition) is 6. The minimum Gasteiger partial charge on any atom is -0.367 e.